The van der Waals surface area contributed by atoms with Crippen LogP contribution in [0, 0.1) is -0.0619 Å². The van der Waals surface area contributed by atoms with E-state index in [9.17, 15) is 16.8 Å². The fourth-order valence-electron chi connectivity index (χ4n) is 5.59. The van der Waals surface area contributed by atoms with Crippen molar-refractivity contribution in [2.45, 2.75) is 56.6 Å². The van der Waals surface area contributed by atoms with Gasteiger partial charge in [0.2, 0.25) is 20.0 Å². The average Bonchev–Trinajstić information content (AvgIpc) is 3.20. The summed E-state index contributed by atoms with van der Waals surface area (Å²) in [7, 11) is -4.56. The summed E-state index contributed by atoms with van der Waals surface area (Å²) >= 11 is 6.70. The van der Waals surface area contributed by atoms with Crippen molar-refractivity contribution >= 4 is 87.8 Å². The molecule has 1 radical (unpaired) electrons. The molecule has 4 aromatic carbocycles. The summed E-state index contributed by atoms with van der Waals surface area (Å²) in [5.41, 5.74) is 3.57. The zero-order valence-corrected chi connectivity index (χ0v) is 43.9. The zero-order valence-electron chi connectivity index (χ0n) is 34.4. The maximum atomic E-state index is 13.0. The van der Waals surface area contributed by atoms with E-state index in [0.29, 0.717) is 11.5 Å². The first-order valence-electron chi connectivity index (χ1n) is 18.2. The molecule has 0 bridgehead atoms. The van der Waals surface area contributed by atoms with Gasteiger partial charge in [0, 0.05) is 48.6 Å². The third-order valence-corrected chi connectivity index (χ3v) is 10.5. The standard InChI is InChI=1S/C24H29N3O4S.C18H16N2O4S.CI3.CH4.V/c1-17(26-24(2,3)4)27-32(28,29)23-16-25-14-13-22(23)31-21-8-6-7-19(15-21)18-9-11-20(30-5)12-10-18;1-23-15-7-5-13(6-8-15)14-3-2-4-16(11-14)24-17-9-10-20-12-18(17)25(19,21)22;2-1(3)4;;/h6-17,26-27H,1-5H3;2-12H,1H3,(H2,19,21,22);;1H4;/q;;-1;;. The Morgan fingerprint density at radius 1 is 0.635 bits per heavy atom. The van der Waals surface area contributed by atoms with E-state index in [2.05, 4.69) is 87.8 Å². The van der Waals surface area contributed by atoms with Gasteiger partial charge in [-0.05, 0) is 98.5 Å². The van der Waals surface area contributed by atoms with E-state index in [1.807, 2.05) is 106 Å². The van der Waals surface area contributed by atoms with E-state index in [1.54, 1.807) is 33.3 Å². The van der Waals surface area contributed by atoms with Crippen molar-refractivity contribution in [1.29, 1.82) is 0 Å². The number of halogens is 3. The number of nitrogens with one attached hydrogen (secondary N) is 2. The number of hydrogen-bond donors (Lipinski definition) is 3. The van der Waals surface area contributed by atoms with Gasteiger partial charge < -0.3 is 18.9 Å². The number of benzene rings is 4. The Labute approximate surface area is 424 Å². The predicted molar refractivity (Wildman–Crippen MR) is 272 cm³/mol. The number of hydrogen-bond acceptors (Lipinski definition) is 11. The molecule has 19 heteroatoms. The number of sulfonamides is 2. The third kappa shape index (κ3) is 18.8. The van der Waals surface area contributed by atoms with Crippen LogP contribution in [0.1, 0.15) is 35.1 Å². The number of nitrogens with zero attached hydrogens (tertiary/aromatic N) is 2. The monoisotopic (exact) mass is 1270 g/mol. The van der Waals surface area contributed by atoms with Gasteiger partial charge in [0.25, 0.3) is 0 Å². The number of nitrogens with two attached hydrogens (primary N) is 1. The molecule has 63 heavy (non-hydrogen) atoms. The maximum Gasteiger partial charge on any atom is 0.247 e. The average molecular weight is 1270 g/mol. The molecule has 0 saturated carbocycles. The van der Waals surface area contributed by atoms with Crippen molar-refractivity contribution in [2.24, 2.45) is 5.14 Å². The van der Waals surface area contributed by atoms with Crippen LogP contribution >= 0.6 is 67.8 Å². The number of methoxy groups -OCH3 is 2. The molecule has 0 amide bonds. The molecule has 0 spiro atoms. The van der Waals surface area contributed by atoms with E-state index in [0.717, 1.165) is 39.9 Å². The second kappa shape index (κ2) is 26.2. The molecule has 4 N–H and O–H groups in total. The zero-order chi connectivity index (χ0) is 44.8. The molecule has 0 aliphatic carbocycles. The van der Waals surface area contributed by atoms with Gasteiger partial charge in [-0.3, -0.25) is 83.1 Å². The van der Waals surface area contributed by atoms with Crippen LogP contribution < -0.4 is 34.1 Å². The molecule has 1 unspecified atom stereocenters. The van der Waals surface area contributed by atoms with Crippen molar-refractivity contribution in [3.8, 4) is 56.8 Å². The minimum atomic E-state index is -3.92. The Hall–Kier alpha value is -3.07. The molecule has 1 atom stereocenters. The van der Waals surface area contributed by atoms with Gasteiger partial charge >= 0.3 is 0 Å². The van der Waals surface area contributed by atoms with Crippen LogP contribution in [0.5, 0.6) is 34.5 Å². The first-order valence-corrected chi connectivity index (χ1v) is 24.4. The van der Waals surface area contributed by atoms with Gasteiger partial charge in [-0.25, -0.2) is 22.0 Å². The van der Waals surface area contributed by atoms with Gasteiger partial charge in [0.15, 0.2) is 11.5 Å². The number of pyridine rings is 2. The summed E-state index contributed by atoms with van der Waals surface area (Å²) in [6, 6.07) is 33.0. The quantitative estimate of drug-likeness (QED) is 0.0569. The van der Waals surface area contributed by atoms with Gasteiger partial charge in [0.1, 0.15) is 32.8 Å². The summed E-state index contributed by atoms with van der Waals surface area (Å²) in [6.45, 7) is 7.64. The molecule has 6 rings (SSSR count). The fourth-order valence-corrected chi connectivity index (χ4v) is 7.42. The molecule has 6 aromatic rings. The Bertz CT molecular complexity index is 2570. The summed E-state index contributed by atoms with van der Waals surface area (Å²) in [6.07, 6.45) is 4.91. The Kier molecular flexibility index (Phi) is 23.3. The van der Waals surface area contributed by atoms with E-state index >= 15 is 0 Å². The van der Waals surface area contributed by atoms with Crippen LogP contribution in [0.3, 0.4) is 0 Å². The fraction of sp³-hybridized carbons (Fsp3) is 0.205. The van der Waals surface area contributed by atoms with Crippen LogP contribution in [-0.4, -0.2) is 52.7 Å². The van der Waals surface area contributed by atoms with Crippen molar-refractivity contribution in [3.63, 3.8) is 0 Å². The molecule has 0 fully saturated rings. The van der Waals surface area contributed by atoms with Gasteiger partial charge in [-0.1, -0.05) is 56.0 Å². The molecular formula is C44H49I3N5O8S2V-. The van der Waals surface area contributed by atoms with E-state index in [1.165, 1.54) is 30.7 Å². The molecule has 2 aromatic heterocycles. The van der Waals surface area contributed by atoms with Gasteiger partial charge in [0.05, 0.1) is 32.8 Å². The number of aromatic nitrogens is 2. The third-order valence-electron chi connectivity index (χ3n) is 8.04. The molecule has 337 valence electrons. The van der Waals surface area contributed by atoms with E-state index < -0.39 is 26.2 Å². The van der Waals surface area contributed by atoms with Gasteiger partial charge in [-0.15, -0.1) is -0.0619 Å². The normalized spacial score (nSPS) is 11.5. The summed E-state index contributed by atoms with van der Waals surface area (Å²) in [4.78, 5) is 7.58. The molecule has 13 nitrogen and oxygen atoms in total. The van der Waals surface area contributed by atoms with Crippen LogP contribution in [0.15, 0.2) is 144 Å². The van der Waals surface area contributed by atoms with Gasteiger partial charge in [-0.2, -0.15) is 4.72 Å². The summed E-state index contributed by atoms with van der Waals surface area (Å²) < 4.78 is 75.3. The predicted octanol–water partition coefficient (Wildman–Crippen LogP) is 11.1. The van der Waals surface area contributed by atoms with Crippen molar-refractivity contribution in [3.05, 3.63) is 134 Å². The van der Waals surface area contributed by atoms with Crippen LogP contribution in [-0.2, 0) is 38.6 Å². The number of ether oxygens (including phenoxy) is 4. The van der Waals surface area contributed by atoms with Crippen molar-refractivity contribution in [1.82, 2.24) is 20.0 Å². The maximum absolute atomic E-state index is 13.0. The minimum Gasteiger partial charge on any atom is -0.497 e. The molecule has 0 aliphatic rings. The second-order valence-corrected chi connectivity index (χ2v) is 26.5. The first kappa shape index (κ1) is 56.1. The van der Waals surface area contributed by atoms with Crippen LogP contribution in [0.2, 0.25) is 0 Å². The van der Waals surface area contributed by atoms with E-state index in [4.69, 9.17) is 24.1 Å². The molecule has 0 aliphatic heterocycles. The topological polar surface area (TPSA) is 181 Å². The Balaban J connectivity index is 0.000000396. The molecular weight excluding hydrogens is 1220 g/mol. The van der Waals surface area contributed by atoms with Crippen LogP contribution in [0.25, 0.3) is 22.3 Å². The minimum absolute atomic E-state index is 0. The summed E-state index contributed by atoms with van der Waals surface area (Å²) in [5, 5.41) is 8.39. The molecule has 2 heterocycles. The largest absolute Gasteiger partial charge is 0.497 e. The summed E-state index contributed by atoms with van der Waals surface area (Å²) in [5.74, 6) is 2.87. The number of primary sulfonamides is 1. The SMILES string of the molecule is C.COc1ccc(-c2cccc(Oc3ccncc3S(=O)(=O)NC(C)NC(C)(C)C)c2)cc1.COc1ccc(-c2cccc(Oc3ccncc3S(N)(=O)=O)c2)cc1.I[C-](I)I.[V]. The van der Waals surface area contributed by atoms with Crippen molar-refractivity contribution in [2.75, 3.05) is 14.2 Å². The molecule has 0 saturated heterocycles. The number of rotatable bonds is 13. The Morgan fingerprint density at radius 3 is 1.41 bits per heavy atom. The second-order valence-electron chi connectivity index (χ2n) is 13.9. The van der Waals surface area contributed by atoms with Crippen molar-refractivity contribution < 1.29 is 54.3 Å². The van der Waals surface area contributed by atoms with Crippen LogP contribution in [0.4, 0.5) is 0 Å². The van der Waals surface area contributed by atoms with E-state index in [-0.39, 0.29) is 52.8 Å². The Morgan fingerprint density at radius 2 is 1.03 bits per heavy atom. The first-order chi connectivity index (χ1) is 28.8. The smallest absolute Gasteiger partial charge is 0.247 e.